The number of aromatic nitrogens is 2. The summed E-state index contributed by atoms with van der Waals surface area (Å²) in [5, 5.41) is 13.3. The number of nitrogens with zero attached hydrogens (tertiary/aromatic N) is 4. The molecule has 5 rings (SSSR count). The van der Waals surface area contributed by atoms with Crippen LogP contribution >= 0.6 is 23.7 Å². The van der Waals surface area contributed by atoms with E-state index in [0.717, 1.165) is 52.8 Å². The standard InChI is InChI=1S/C29H36N8O6S2.C3H3F3O2/c1-29(2)25(27(39)37(29)43-45-40-4)34-26(38)24(21-16-44-28(31)33-21)35-42-15-17-11-19-6-5-18(12-22(19)41-14-17)20-7-8-23(32-10-9-30)36(3)13-20;1-8-2(7)3(4,5)6/h5-8,12-13,16-17,25H,9-11,14-15,30H2,1-4H3,(H3,31,33,34,38);1H3/p+2/b35-24-;. The van der Waals surface area contributed by atoms with Crippen LogP contribution in [0.5, 0.6) is 5.75 Å². The largest absolute Gasteiger partial charge is 0.493 e. The summed E-state index contributed by atoms with van der Waals surface area (Å²) in [6, 6.07) is 9.50. The Bertz CT molecular complexity index is 1810. The molecule has 2 aliphatic rings. The van der Waals surface area contributed by atoms with Gasteiger partial charge in [0.15, 0.2) is 23.2 Å². The number of pyridine rings is 1. The third kappa shape index (κ3) is 10.3. The van der Waals surface area contributed by atoms with Crippen molar-refractivity contribution < 1.29 is 60.6 Å². The molecule has 0 aliphatic carbocycles. The van der Waals surface area contributed by atoms with Gasteiger partial charge in [-0.05, 0) is 43.5 Å². The average Bonchev–Trinajstić information content (AvgIpc) is 3.56. The Morgan fingerprint density at radius 1 is 1.25 bits per heavy atom. The van der Waals surface area contributed by atoms with Crippen LogP contribution in [0.2, 0.25) is 0 Å². The van der Waals surface area contributed by atoms with Gasteiger partial charge < -0.3 is 31.1 Å². The number of hydroxylamine groups is 2. The summed E-state index contributed by atoms with van der Waals surface area (Å²) in [7, 11) is 4.11. The van der Waals surface area contributed by atoms with Crippen molar-refractivity contribution in [1.82, 2.24) is 15.4 Å². The molecule has 3 aromatic rings. The zero-order valence-electron chi connectivity index (χ0n) is 29.5. The number of esters is 1. The lowest BCUT2D eigenvalue weighted by atomic mass is 9.84. The number of rotatable bonds is 13. The summed E-state index contributed by atoms with van der Waals surface area (Å²) in [6.07, 6.45) is -2.05. The highest BCUT2D eigenvalue weighted by atomic mass is 32.2. The first-order valence-corrected chi connectivity index (χ1v) is 17.5. The van der Waals surface area contributed by atoms with Crippen molar-refractivity contribution in [2.45, 2.75) is 38.0 Å². The van der Waals surface area contributed by atoms with E-state index < -0.39 is 35.5 Å². The molecule has 53 heavy (non-hydrogen) atoms. The van der Waals surface area contributed by atoms with Crippen LogP contribution in [0.4, 0.5) is 24.1 Å². The highest BCUT2D eigenvalue weighted by Crippen LogP contribution is 2.35. The normalized spacial score (nSPS) is 17.7. The fourth-order valence-electron chi connectivity index (χ4n) is 5.21. The van der Waals surface area contributed by atoms with Crippen LogP contribution in [0.15, 0.2) is 47.1 Å². The SMILES string of the molecule is COC(=O)C(F)(F)F.COSON1C(=O)C(NC(=O)/C(=N\OCC2COc3cc(-c4ccc(NCC[NH3+])[n+](C)c4)ccc3C2)c2csc(N)n2)C1(C)C. The molecule has 0 bridgehead atoms. The number of halogens is 3. The number of carbonyl (C=O) groups is 3. The number of β-lactam (4-membered cyclic amide) rings is 1. The van der Waals surface area contributed by atoms with Gasteiger partial charge in [-0.2, -0.15) is 22.5 Å². The van der Waals surface area contributed by atoms with Gasteiger partial charge in [0.25, 0.3) is 17.6 Å². The second-order valence-electron chi connectivity index (χ2n) is 12.2. The van der Waals surface area contributed by atoms with Crippen molar-refractivity contribution >= 4 is 58.1 Å². The first-order chi connectivity index (χ1) is 25.1. The number of alkyl halides is 3. The maximum absolute atomic E-state index is 13.3. The number of quaternary nitrogens is 1. The van der Waals surface area contributed by atoms with Crippen LogP contribution in [0.25, 0.3) is 11.1 Å². The lowest BCUT2D eigenvalue weighted by molar-refractivity contribution is -0.656. The number of nitrogens with one attached hydrogen (secondary N) is 2. The first-order valence-electron chi connectivity index (χ1n) is 16.0. The van der Waals surface area contributed by atoms with E-state index >= 15 is 0 Å². The number of hydrogen-bond donors (Lipinski definition) is 4. The summed E-state index contributed by atoms with van der Waals surface area (Å²) in [6.45, 7) is 5.78. The monoisotopic (exact) mass is 786 g/mol. The smallest absolute Gasteiger partial charge is 0.490 e. The number of nitrogens with two attached hydrogens (primary N) is 1. The predicted molar refractivity (Wildman–Crippen MR) is 188 cm³/mol. The van der Waals surface area contributed by atoms with Crippen molar-refractivity contribution in [3.05, 3.63) is 53.2 Å². The molecule has 0 spiro atoms. The number of anilines is 2. The number of hydrogen-bond acceptors (Lipinski definition) is 14. The van der Waals surface area contributed by atoms with Crippen LogP contribution in [0.1, 0.15) is 25.1 Å². The van der Waals surface area contributed by atoms with E-state index in [-0.39, 0.29) is 29.1 Å². The molecule has 2 unspecified atom stereocenters. The molecule has 0 radical (unpaired) electrons. The molecule has 1 fully saturated rings. The number of ether oxygens (including phenoxy) is 2. The molecule has 2 atom stereocenters. The molecule has 2 aromatic heterocycles. The van der Waals surface area contributed by atoms with Crippen LogP contribution < -0.4 is 31.4 Å². The second-order valence-corrected chi connectivity index (χ2v) is 13.7. The second kappa shape index (κ2) is 17.9. The summed E-state index contributed by atoms with van der Waals surface area (Å²) in [5.41, 5.74) is 12.2. The summed E-state index contributed by atoms with van der Waals surface area (Å²) < 4.78 is 54.5. The zero-order chi connectivity index (χ0) is 38.9. The molecule has 0 saturated carbocycles. The molecule has 2 amide bonds. The van der Waals surface area contributed by atoms with Crippen LogP contribution in [0, 0.1) is 5.92 Å². The van der Waals surface area contributed by atoms with Gasteiger partial charge in [0.1, 0.15) is 37.2 Å². The molecule has 2 aliphatic heterocycles. The molecule has 1 aromatic carbocycles. The van der Waals surface area contributed by atoms with E-state index in [9.17, 15) is 27.6 Å². The van der Waals surface area contributed by atoms with E-state index in [1.165, 1.54) is 18.4 Å². The van der Waals surface area contributed by atoms with E-state index in [1.54, 1.807) is 19.2 Å². The minimum Gasteiger partial charge on any atom is -0.493 e. The van der Waals surface area contributed by atoms with Gasteiger partial charge in [-0.25, -0.2) is 14.3 Å². The number of methoxy groups -OCH3 is 1. The molecule has 7 N–H and O–H groups in total. The molecular formula is C32H41F3N8O8S2+2. The number of nitrogen functional groups attached to an aromatic ring is 1. The van der Waals surface area contributed by atoms with Gasteiger partial charge in [0.2, 0.25) is 0 Å². The zero-order valence-corrected chi connectivity index (χ0v) is 31.2. The number of oxime groups is 1. The fraction of sp³-hybridized carbons (Fsp3) is 0.438. The topological polar surface area (TPSA) is 207 Å². The van der Waals surface area contributed by atoms with E-state index in [0.29, 0.717) is 26.0 Å². The van der Waals surface area contributed by atoms with Crippen molar-refractivity contribution in [3.63, 3.8) is 0 Å². The Balaban J connectivity index is 0.000000703. The minimum absolute atomic E-state index is 0.00395. The molecule has 1 saturated heterocycles. The van der Waals surface area contributed by atoms with Gasteiger partial charge in [0, 0.05) is 22.9 Å². The third-order valence-corrected chi connectivity index (χ3v) is 9.01. The number of aryl methyl sites for hydroxylation is 1. The molecule has 21 heteroatoms. The number of carbonyl (C=O) groups excluding carboxylic acids is 3. The maximum atomic E-state index is 13.3. The molecule has 4 heterocycles. The number of thiazole rings is 1. The molecule has 288 valence electrons. The number of benzene rings is 1. The van der Waals surface area contributed by atoms with Crippen molar-refractivity contribution in [2.75, 3.05) is 51.6 Å². The average molecular weight is 787 g/mol. The molecule has 16 nitrogen and oxygen atoms in total. The summed E-state index contributed by atoms with van der Waals surface area (Å²) in [5.74, 6) is -1.35. The highest BCUT2D eigenvalue weighted by molar-refractivity contribution is 7.89. The van der Waals surface area contributed by atoms with Crippen LogP contribution in [-0.4, -0.2) is 91.8 Å². The maximum Gasteiger partial charge on any atom is 0.490 e. The van der Waals surface area contributed by atoms with E-state index in [1.807, 2.05) is 7.05 Å². The highest BCUT2D eigenvalue weighted by Gasteiger charge is 2.57. The van der Waals surface area contributed by atoms with Crippen LogP contribution in [0.3, 0.4) is 0 Å². The van der Waals surface area contributed by atoms with E-state index in [2.05, 4.69) is 72.3 Å². The summed E-state index contributed by atoms with van der Waals surface area (Å²) in [4.78, 5) is 45.3. The lowest BCUT2D eigenvalue weighted by Gasteiger charge is -2.50. The van der Waals surface area contributed by atoms with Crippen molar-refractivity contribution in [2.24, 2.45) is 18.1 Å². The lowest BCUT2D eigenvalue weighted by Crippen LogP contribution is -2.76. The fourth-order valence-corrected chi connectivity index (χ4v) is 6.14. The Labute approximate surface area is 311 Å². The Hall–Kier alpha value is -4.70. The summed E-state index contributed by atoms with van der Waals surface area (Å²) >= 11 is 1.83. The van der Waals surface area contributed by atoms with Gasteiger partial charge in [-0.15, -0.1) is 11.3 Å². The number of amides is 2. The van der Waals surface area contributed by atoms with Gasteiger partial charge in [-0.3, -0.25) is 19.1 Å². The Morgan fingerprint density at radius 2 is 1.98 bits per heavy atom. The molecular weight excluding hydrogens is 746 g/mol. The van der Waals surface area contributed by atoms with Crippen molar-refractivity contribution in [3.8, 4) is 16.9 Å². The quantitative estimate of drug-likeness (QED) is 0.0489. The van der Waals surface area contributed by atoms with Gasteiger partial charge in [-0.1, -0.05) is 17.3 Å². The van der Waals surface area contributed by atoms with Gasteiger partial charge >= 0.3 is 12.1 Å². The minimum atomic E-state index is -4.85. The van der Waals surface area contributed by atoms with Crippen molar-refractivity contribution in [1.29, 1.82) is 0 Å². The Morgan fingerprint density at radius 3 is 2.57 bits per heavy atom. The Kier molecular flexibility index (Phi) is 13.9. The number of fused-ring (bicyclic) bond motifs is 1. The predicted octanol–water partition coefficient (Wildman–Crippen LogP) is 1.81. The first kappa shape index (κ1) is 41.1. The van der Waals surface area contributed by atoms with E-state index in [4.69, 9.17) is 23.8 Å². The van der Waals surface area contributed by atoms with Gasteiger partial charge in [0.05, 0.1) is 39.6 Å². The third-order valence-electron chi connectivity index (χ3n) is 7.99. The van der Waals surface area contributed by atoms with Crippen LogP contribution in [-0.2, 0) is 45.9 Å².